The molecule has 0 radical (unpaired) electrons. The molecule has 0 N–H and O–H groups in total. The predicted molar refractivity (Wildman–Crippen MR) is 77.3 cm³/mol. The number of hydrogen-bond acceptors (Lipinski definition) is 3. The van der Waals surface area contributed by atoms with E-state index in [-0.39, 0.29) is 5.97 Å². The first-order valence-electron chi connectivity index (χ1n) is 6.50. The number of esters is 1. The molecule has 0 aliphatic heterocycles. The van der Waals surface area contributed by atoms with Crippen molar-refractivity contribution in [2.45, 2.75) is 31.1 Å². The van der Waals surface area contributed by atoms with Gasteiger partial charge in [-0.05, 0) is 38.3 Å². The SMILES string of the molecule is CCOC(=O)/C=C/CCCCS(=O)c1ccccc1. The molecule has 0 heterocycles. The number of ether oxygens (including phenoxy) is 1. The summed E-state index contributed by atoms with van der Waals surface area (Å²) in [6.07, 6.45) is 5.88. The molecule has 4 heteroatoms. The van der Waals surface area contributed by atoms with Crippen LogP contribution in [0.15, 0.2) is 47.4 Å². The van der Waals surface area contributed by atoms with Crippen molar-refractivity contribution in [3.8, 4) is 0 Å². The van der Waals surface area contributed by atoms with Gasteiger partial charge in [0.25, 0.3) is 0 Å². The molecule has 0 amide bonds. The summed E-state index contributed by atoms with van der Waals surface area (Å²) < 4.78 is 16.7. The van der Waals surface area contributed by atoms with Gasteiger partial charge < -0.3 is 4.74 Å². The molecule has 1 aromatic rings. The lowest BCUT2D eigenvalue weighted by Gasteiger charge is -2.01. The van der Waals surface area contributed by atoms with Gasteiger partial charge in [0, 0.05) is 16.7 Å². The number of hydrogen-bond donors (Lipinski definition) is 0. The van der Waals surface area contributed by atoms with Gasteiger partial charge in [0.05, 0.1) is 17.4 Å². The van der Waals surface area contributed by atoms with Crippen LogP contribution >= 0.6 is 0 Å². The minimum Gasteiger partial charge on any atom is -0.463 e. The van der Waals surface area contributed by atoms with E-state index in [1.54, 1.807) is 6.92 Å². The predicted octanol–water partition coefficient (Wildman–Crippen LogP) is 3.08. The number of benzene rings is 1. The summed E-state index contributed by atoms with van der Waals surface area (Å²) in [5.74, 6) is 0.368. The summed E-state index contributed by atoms with van der Waals surface area (Å²) in [4.78, 5) is 11.9. The zero-order valence-electron chi connectivity index (χ0n) is 11.2. The van der Waals surface area contributed by atoms with E-state index in [0.29, 0.717) is 12.4 Å². The second kappa shape index (κ2) is 9.50. The summed E-state index contributed by atoms with van der Waals surface area (Å²) in [7, 11) is -0.916. The summed E-state index contributed by atoms with van der Waals surface area (Å²) in [6.45, 7) is 2.18. The highest BCUT2D eigenvalue weighted by Gasteiger charge is 2.01. The molecule has 0 aliphatic carbocycles. The number of allylic oxidation sites excluding steroid dienone is 1. The molecule has 0 bridgehead atoms. The van der Waals surface area contributed by atoms with Gasteiger partial charge in [-0.2, -0.15) is 0 Å². The number of rotatable bonds is 8. The smallest absolute Gasteiger partial charge is 0.330 e. The standard InChI is InChI=1S/C15H20O3S/c1-2-18-15(16)12-8-3-4-9-13-19(17)14-10-6-5-7-11-14/h5-8,10-12H,2-4,9,13H2,1H3/b12-8+. The third kappa shape index (κ3) is 6.91. The van der Waals surface area contributed by atoms with Crippen molar-refractivity contribution in [2.75, 3.05) is 12.4 Å². The monoisotopic (exact) mass is 280 g/mol. The van der Waals surface area contributed by atoms with Crippen LogP contribution in [0.3, 0.4) is 0 Å². The topological polar surface area (TPSA) is 43.4 Å². The van der Waals surface area contributed by atoms with Crippen LogP contribution < -0.4 is 0 Å². The van der Waals surface area contributed by atoms with Crippen molar-refractivity contribution in [3.05, 3.63) is 42.5 Å². The van der Waals surface area contributed by atoms with Crippen LogP contribution in [0.2, 0.25) is 0 Å². The van der Waals surface area contributed by atoms with E-state index >= 15 is 0 Å². The molecular weight excluding hydrogens is 260 g/mol. The Kier molecular flexibility index (Phi) is 7.82. The van der Waals surface area contributed by atoms with Crippen molar-refractivity contribution in [1.82, 2.24) is 0 Å². The van der Waals surface area contributed by atoms with E-state index in [1.807, 2.05) is 36.4 Å². The maximum Gasteiger partial charge on any atom is 0.330 e. The molecule has 0 spiro atoms. The lowest BCUT2D eigenvalue weighted by molar-refractivity contribution is -0.137. The highest BCUT2D eigenvalue weighted by atomic mass is 32.2. The maximum absolute atomic E-state index is 11.9. The fraction of sp³-hybridized carbons (Fsp3) is 0.400. The number of carbonyl (C=O) groups is 1. The second-order valence-electron chi connectivity index (χ2n) is 4.01. The Hall–Kier alpha value is -1.42. The summed E-state index contributed by atoms with van der Waals surface area (Å²) in [5, 5.41) is 0. The van der Waals surface area contributed by atoms with Crippen LogP contribution in [0.1, 0.15) is 26.2 Å². The molecule has 1 rings (SSSR count). The molecule has 0 fully saturated rings. The van der Waals surface area contributed by atoms with Gasteiger partial charge in [-0.25, -0.2) is 4.79 Å². The minimum atomic E-state index is -0.916. The van der Waals surface area contributed by atoms with Gasteiger partial charge in [0.2, 0.25) is 0 Å². The fourth-order valence-corrected chi connectivity index (χ4v) is 2.72. The van der Waals surface area contributed by atoms with E-state index in [2.05, 4.69) is 0 Å². The van der Waals surface area contributed by atoms with Crippen molar-refractivity contribution >= 4 is 16.8 Å². The van der Waals surface area contributed by atoms with E-state index in [0.717, 1.165) is 24.2 Å². The lowest BCUT2D eigenvalue weighted by Crippen LogP contribution is -1.99. The summed E-state index contributed by atoms with van der Waals surface area (Å²) in [6, 6.07) is 9.49. The first-order chi connectivity index (χ1) is 9.24. The Bertz CT molecular complexity index is 426. The quantitative estimate of drug-likeness (QED) is 0.417. The van der Waals surface area contributed by atoms with Gasteiger partial charge in [-0.3, -0.25) is 4.21 Å². The first kappa shape index (κ1) is 15.6. The highest BCUT2D eigenvalue weighted by molar-refractivity contribution is 7.85. The van der Waals surface area contributed by atoms with Crippen LogP contribution in [-0.4, -0.2) is 22.5 Å². The molecule has 0 saturated heterocycles. The van der Waals surface area contributed by atoms with Gasteiger partial charge in [0.1, 0.15) is 0 Å². The Morgan fingerprint density at radius 3 is 2.68 bits per heavy atom. The third-order valence-corrected chi connectivity index (χ3v) is 3.95. The summed E-state index contributed by atoms with van der Waals surface area (Å²) in [5.41, 5.74) is 0. The van der Waals surface area contributed by atoms with Crippen LogP contribution in [-0.2, 0) is 20.3 Å². The van der Waals surface area contributed by atoms with E-state index in [9.17, 15) is 9.00 Å². The maximum atomic E-state index is 11.9. The van der Waals surface area contributed by atoms with Crippen LogP contribution in [0, 0.1) is 0 Å². The Balaban J connectivity index is 2.14. The molecular formula is C15H20O3S. The molecule has 3 nitrogen and oxygen atoms in total. The van der Waals surface area contributed by atoms with Gasteiger partial charge >= 0.3 is 5.97 Å². The molecule has 1 unspecified atom stereocenters. The Morgan fingerprint density at radius 2 is 2.00 bits per heavy atom. The summed E-state index contributed by atoms with van der Waals surface area (Å²) >= 11 is 0. The van der Waals surface area contributed by atoms with Crippen molar-refractivity contribution < 1.29 is 13.7 Å². The Labute approximate surface area is 117 Å². The molecule has 1 atom stereocenters. The van der Waals surface area contributed by atoms with Gasteiger partial charge in [0.15, 0.2) is 0 Å². The highest BCUT2D eigenvalue weighted by Crippen LogP contribution is 2.08. The Morgan fingerprint density at radius 1 is 1.26 bits per heavy atom. The van der Waals surface area contributed by atoms with E-state index < -0.39 is 10.8 Å². The molecule has 19 heavy (non-hydrogen) atoms. The zero-order chi connectivity index (χ0) is 13.9. The number of unbranched alkanes of at least 4 members (excludes halogenated alkanes) is 2. The number of carbonyl (C=O) groups excluding carboxylic acids is 1. The van der Waals surface area contributed by atoms with E-state index in [4.69, 9.17) is 4.74 Å². The van der Waals surface area contributed by atoms with Gasteiger partial charge in [-0.15, -0.1) is 0 Å². The largest absolute Gasteiger partial charge is 0.463 e. The zero-order valence-corrected chi connectivity index (χ0v) is 12.0. The van der Waals surface area contributed by atoms with Crippen LogP contribution in [0.25, 0.3) is 0 Å². The molecule has 0 saturated carbocycles. The fourth-order valence-electron chi connectivity index (χ4n) is 1.56. The molecule has 104 valence electrons. The second-order valence-corrected chi connectivity index (χ2v) is 5.58. The van der Waals surface area contributed by atoms with Crippen LogP contribution in [0.4, 0.5) is 0 Å². The average Bonchev–Trinajstić information content (AvgIpc) is 2.43. The average molecular weight is 280 g/mol. The third-order valence-electron chi connectivity index (χ3n) is 2.50. The van der Waals surface area contributed by atoms with Crippen molar-refractivity contribution in [2.24, 2.45) is 0 Å². The molecule has 0 aliphatic rings. The van der Waals surface area contributed by atoms with E-state index in [1.165, 1.54) is 6.08 Å². The molecule has 0 aromatic heterocycles. The normalized spacial score (nSPS) is 12.5. The lowest BCUT2D eigenvalue weighted by atomic mass is 10.2. The minimum absolute atomic E-state index is 0.296. The molecule has 1 aromatic carbocycles. The van der Waals surface area contributed by atoms with Crippen molar-refractivity contribution in [1.29, 1.82) is 0 Å². The van der Waals surface area contributed by atoms with Gasteiger partial charge in [-0.1, -0.05) is 24.3 Å². The van der Waals surface area contributed by atoms with Crippen molar-refractivity contribution in [3.63, 3.8) is 0 Å². The first-order valence-corrected chi connectivity index (χ1v) is 7.82. The van der Waals surface area contributed by atoms with Crippen LogP contribution in [0.5, 0.6) is 0 Å².